The molecule has 0 amide bonds. The van der Waals surface area contributed by atoms with E-state index in [1.54, 1.807) is 0 Å². The lowest BCUT2D eigenvalue weighted by atomic mass is 10.5. The summed E-state index contributed by atoms with van der Waals surface area (Å²) in [4.78, 5) is 14.1. The van der Waals surface area contributed by atoms with E-state index < -0.39 is 26.4 Å². The van der Waals surface area contributed by atoms with Crippen LogP contribution in [-0.4, -0.2) is 42.3 Å². The van der Waals surface area contributed by atoms with E-state index >= 15 is 0 Å². The van der Waals surface area contributed by atoms with Gasteiger partial charge in [-0.2, -0.15) is 8.42 Å². The van der Waals surface area contributed by atoms with Crippen LogP contribution in [0, 0.1) is 10.1 Å². The predicted octanol–water partition coefficient (Wildman–Crippen LogP) is -1.04. The molecule has 0 saturated carbocycles. The zero-order valence-corrected chi connectivity index (χ0v) is 7.78. The van der Waals surface area contributed by atoms with Crippen molar-refractivity contribution in [1.29, 1.82) is 0 Å². The average Bonchev–Trinajstić information content (AvgIpc) is 2.28. The molecule has 0 aromatic heterocycles. The number of aliphatic imine (C=N–C) groups is 1. The smallest absolute Gasteiger partial charge is 0.295 e. The highest BCUT2D eigenvalue weighted by Gasteiger charge is 2.39. The van der Waals surface area contributed by atoms with E-state index in [0.29, 0.717) is 5.84 Å². The molecule has 0 fully saturated rings. The summed E-state index contributed by atoms with van der Waals surface area (Å²) in [7, 11) is -1.21. The molecule has 1 atom stereocenters. The van der Waals surface area contributed by atoms with Crippen LogP contribution in [0.2, 0.25) is 0 Å². The van der Waals surface area contributed by atoms with Gasteiger partial charge in [0.25, 0.3) is 4.99 Å². The van der Waals surface area contributed by atoms with Crippen LogP contribution in [-0.2, 0) is 10.3 Å². The van der Waals surface area contributed by atoms with Gasteiger partial charge in [0.15, 0.2) is 0 Å². The van der Waals surface area contributed by atoms with Crippen molar-refractivity contribution in [2.45, 2.75) is 13.1 Å². The molecule has 0 aliphatic carbocycles. The molecule has 8 heteroatoms. The van der Waals surface area contributed by atoms with Gasteiger partial charge in [-0.25, -0.2) is 4.99 Å². The highest BCUT2D eigenvalue weighted by molar-refractivity contribution is 7.73. The molecular weight excluding hydrogens is 198 g/mol. The van der Waals surface area contributed by atoms with Crippen molar-refractivity contribution in [2.75, 3.05) is 7.05 Å². The molecule has 1 aliphatic rings. The fourth-order valence-electron chi connectivity index (χ4n) is 0.994. The van der Waals surface area contributed by atoms with Gasteiger partial charge in [0.1, 0.15) is 5.84 Å². The van der Waals surface area contributed by atoms with Crippen LogP contribution in [0.5, 0.6) is 0 Å². The first-order valence-corrected chi connectivity index (χ1v) is 4.40. The molecule has 0 N–H and O–H groups in total. The zero-order chi connectivity index (χ0) is 10.2. The largest absolute Gasteiger partial charge is 0.345 e. The summed E-state index contributed by atoms with van der Waals surface area (Å²) >= 11 is 0. The molecule has 1 aliphatic heterocycles. The Bertz CT molecular complexity index is 401. The third kappa shape index (κ3) is 1.52. The number of hydrogen-bond donors (Lipinski definition) is 0. The van der Waals surface area contributed by atoms with Crippen molar-refractivity contribution >= 4 is 21.1 Å². The summed E-state index contributed by atoms with van der Waals surface area (Å²) < 4.78 is 21.1. The van der Waals surface area contributed by atoms with E-state index in [2.05, 4.69) is 4.99 Å². The normalized spacial score (nSPS) is 21.7. The monoisotopic (exact) mass is 205 g/mol. The molecular formula is C5H7N3O4S. The Morgan fingerprint density at radius 2 is 2.15 bits per heavy atom. The molecule has 0 aromatic rings. The number of rotatable bonds is 1. The van der Waals surface area contributed by atoms with Gasteiger partial charge in [0, 0.05) is 7.05 Å². The van der Waals surface area contributed by atoms with Gasteiger partial charge in [-0.15, -0.1) is 0 Å². The lowest BCUT2D eigenvalue weighted by molar-refractivity contribution is -0.521. The molecule has 7 nitrogen and oxygen atoms in total. The molecule has 0 radical (unpaired) electrons. The Kier molecular flexibility index (Phi) is 2.32. The van der Waals surface area contributed by atoms with Gasteiger partial charge in [0.05, 0.1) is 4.92 Å². The Morgan fingerprint density at radius 3 is 2.46 bits per heavy atom. The van der Waals surface area contributed by atoms with Crippen molar-refractivity contribution in [3.8, 4) is 0 Å². The van der Waals surface area contributed by atoms with Crippen molar-refractivity contribution < 1.29 is 13.3 Å². The predicted molar refractivity (Wildman–Crippen MR) is 45.6 cm³/mol. The zero-order valence-electron chi connectivity index (χ0n) is 6.96. The SMILES string of the molecule is CC1=NC(=S(=O)=O)C([N+](=O)[O-])N1C. The highest BCUT2D eigenvalue weighted by atomic mass is 32.2. The first kappa shape index (κ1) is 9.65. The van der Waals surface area contributed by atoms with Gasteiger partial charge in [0.2, 0.25) is 10.3 Å². The quantitative estimate of drug-likeness (QED) is 0.310. The Labute approximate surface area is 75.4 Å². The number of likely N-dealkylation sites (N-methyl/N-ethyl adjacent to an activating group) is 1. The van der Waals surface area contributed by atoms with E-state index in [4.69, 9.17) is 0 Å². The van der Waals surface area contributed by atoms with E-state index in [9.17, 15) is 18.5 Å². The van der Waals surface area contributed by atoms with Crippen molar-refractivity contribution in [1.82, 2.24) is 4.90 Å². The average molecular weight is 205 g/mol. The minimum absolute atomic E-state index is 0.320. The summed E-state index contributed by atoms with van der Waals surface area (Å²) in [6.07, 6.45) is -1.38. The highest BCUT2D eigenvalue weighted by Crippen LogP contribution is 2.10. The van der Waals surface area contributed by atoms with Crippen molar-refractivity contribution in [3.05, 3.63) is 10.1 Å². The summed E-state index contributed by atoms with van der Waals surface area (Å²) in [5.41, 5.74) is 0. The van der Waals surface area contributed by atoms with E-state index in [-0.39, 0.29) is 0 Å². The van der Waals surface area contributed by atoms with Gasteiger partial charge in [-0.05, 0) is 6.92 Å². The standard InChI is InChI=1S/C5H7N3O4S/c1-3-6-4(13(11)12)5(7(3)2)8(9)10/h5H,1-2H3. The second-order valence-corrected chi connectivity index (χ2v) is 3.39. The first-order chi connectivity index (χ1) is 5.95. The van der Waals surface area contributed by atoms with Crippen LogP contribution in [0.25, 0.3) is 0 Å². The Hall–Kier alpha value is -1.44. The van der Waals surface area contributed by atoms with Gasteiger partial charge in [-0.1, -0.05) is 0 Å². The van der Waals surface area contributed by atoms with E-state index in [0.717, 1.165) is 0 Å². The van der Waals surface area contributed by atoms with Crippen LogP contribution >= 0.6 is 0 Å². The maximum Gasteiger partial charge on any atom is 0.345 e. The van der Waals surface area contributed by atoms with Crippen LogP contribution in [0.1, 0.15) is 6.92 Å². The Morgan fingerprint density at radius 1 is 1.62 bits per heavy atom. The minimum Gasteiger partial charge on any atom is -0.295 e. The van der Waals surface area contributed by atoms with Gasteiger partial charge >= 0.3 is 6.17 Å². The molecule has 13 heavy (non-hydrogen) atoms. The third-order valence-electron chi connectivity index (χ3n) is 1.74. The van der Waals surface area contributed by atoms with Gasteiger partial charge < -0.3 is 0 Å². The van der Waals surface area contributed by atoms with E-state index in [1.807, 2.05) is 0 Å². The number of amidine groups is 1. The fraction of sp³-hybridized carbons (Fsp3) is 0.600. The molecule has 0 aromatic carbocycles. The second-order valence-electron chi connectivity index (χ2n) is 2.50. The number of nitrogens with zero attached hydrogens (tertiary/aromatic N) is 3. The van der Waals surface area contributed by atoms with Crippen molar-refractivity contribution in [2.24, 2.45) is 4.99 Å². The molecule has 1 heterocycles. The van der Waals surface area contributed by atoms with Crippen LogP contribution in [0.3, 0.4) is 0 Å². The number of hydrogen-bond acceptors (Lipinski definition) is 5. The second kappa shape index (κ2) is 3.13. The fourth-order valence-corrected chi connectivity index (χ4v) is 1.62. The summed E-state index contributed by atoms with van der Waals surface area (Å²) in [6, 6.07) is 0. The summed E-state index contributed by atoms with van der Waals surface area (Å²) in [5.74, 6) is 0.320. The molecule has 0 saturated heterocycles. The Balaban J connectivity index is 3.27. The molecule has 0 spiro atoms. The summed E-state index contributed by atoms with van der Waals surface area (Å²) in [5, 5.41) is 10.5. The van der Waals surface area contributed by atoms with Crippen LogP contribution in [0.4, 0.5) is 0 Å². The molecule has 1 unspecified atom stereocenters. The topological polar surface area (TPSA) is 92.9 Å². The van der Waals surface area contributed by atoms with E-state index in [1.165, 1.54) is 18.9 Å². The molecule has 0 bridgehead atoms. The summed E-state index contributed by atoms with van der Waals surface area (Å²) in [6.45, 7) is 1.51. The molecule has 1 rings (SSSR count). The van der Waals surface area contributed by atoms with Crippen LogP contribution in [0.15, 0.2) is 4.99 Å². The van der Waals surface area contributed by atoms with Crippen molar-refractivity contribution in [3.63, 3.8) is 0 Å². The lowest BCUT2D eigenvalue weighted by Gasteiger charge is -2.12. The first-order valence-electron chi connectivity index (χ1n) is 3.33. The maximum atomic E-state index is 10.5. The van der Waals surface area contributed by atoms with Crippen LogP contribution < -0.4 is 0 Å². The third-order valence-corrected chi connectivity index (χ3v) is 2.38. The number of nitro groups is 1. The van der Waals surface area contributed by atoms with Gasteiger partial charge in [-0.3, -0.25) is 15.0 Å². The minimum atomic E-state index is -2.64. The molecule has 72 valence electrons. The maximum absolute atomic E-state index is 10.5. The lowest BCUT2D eigenvalue weighted by Crippen LogP contribution is -2.40.